The van der Waals surface area contributed by atoms with Gasteiger partial charge in [-0.1, -0.05) is 36.4 Å². The summed E-state index contributed by atoms with van der Waals surface area (Å²) in [6, 6.07) is 22.5. The lowest BCUT2D eigenvalue weighted by Gasteiger charge is -2.21. The molecule has 0 atom stereocenters. The summed E-state index contributed by atoms with van der Waals surface area (Å²) in [5.41, 5.74) is 13.0. The quantitative estimate of drug-likeness (QED) is 0.391. The molecule has 164 valence electrons. The maximum atomic E-state index is 12.8. The van der Waals surface area contributed by atoms with Crippen molar-refractivity contribution >= 4 is 17.4 Å². The topological polar surface area (TPSA) is 101 Å². The predicted octanol–water partition coefficient (Wildman–Crippen LogP) is 4.77. The number of nitrogen functional groups attached to an aromatic ring is 1. The van der Waals surface area contributed by atoms with Crippen molar-refractivity contribution in [2.45, 2.75) is 25.7 Å². The number of benzene rings is 3. The summed E-state index contributed by atoms with van der Waals surface area (Å²) in [5, 5.41) is 12.7. The molecule has 1 aromatic heterocycles. The fourth-order valence-corrected chi connectivity index (χ4v) is 4.17. The summed E-state index contributed by atoms with van der Waals surface area (Å²) in [4.78, 5) is 22.6. The van der Waals surface area contributed by atoms with E-state index in [1.54, 1.807) is 24.3 Å². The Morgan fingerprint density at radius 2 is 1.73 bits per heavy atom. The standard InChI is InChI=1S/C27H24N4O2/c28-20-10-13-22-19(16-20)9-14-23-26(22)31-25(18-7-11-21(32)12-8-18)27(29-23)30-24(33)15-6-17-4-2-1-3-5-17/h1-5,7-8,10-13,16,32H,6,9,14-15,28H2,(H,29,30,33). The smallest absolute Gasteiger partial charge is 0.225 e. The molecule has 1 aliphatic carbocycles. The van der Waals surface area contributed by atoms with E-state index in [2.05, 4.69) is 5.32 Å². The van der Waals surface area contributed by atoms with Crippen molar-refractivity contribution in [3.8, 4) is 28.3 Å². The molecule has 0 saturated carbocycles. The van der Waals surface area contributed by atoms with E-state index in [0.717, 1.165) is 52.2 Å². The minimum absolute atomic E-state index is 0.114. The van der Waals surface area contributed by atoms with Crippen molar-refractivity contribution in [2.24, 2.45) is 0 Å². The number of carbonyl (C=O) groups is 1. The molecule has 1 heterocycles. The van der Waals surface area contributed by atoms with Gasteiger partial charge in [0.2, 0.25) is 5.91 Å². The van der Waals surface area contributed by atoms with Crippen LogP contribution in [0.4, 0.5) is 11.5 Å². The van der Waals surface area contributed by atoms with Crippen LogP contribution in [0.15, 0.2) is 72.8 Å². The van der Waals surface area contributed by atoms with E-state index < -0.39 is 0 Å². The Hall–Kier alpha value is -4.19. The Balaban J connectivity index is 1.51. The maximum absolute atomic E-state index is 12.8. The molecule has 6 heteroatoms. The van der Waals surface area contributed by atoms with E-state index in [9.17, 15) is 9.90 Å². The van der Waals surface area contributed by atoms with Gasteiger partial charge in [0.15, 0.2) is 5.82 Å². The third kappa shape index (κ3) is 4.41. The lowest BCUT2D eigenvalue weighted by Crippen LogP contribution is -2.17. The van der Waals surface area contributed by atoms with Crippen molar-refractivity contribution in [2.75, 3.05) is 11.1 Å². The van der Waals surface area contributed by atoms with Gasteiger partial charge in [0.25, 0.3) is 0 Å². The van der Waals surface area contributed by atoms with E-state index >= 15 is 0 Å². The van der Waals surface area contributed by atoms with Crippen LogP contribution in [-0.2, 0) is 24.1 Å². The van der Waals surface area contributed by atoms with Crippen LogP contribution in [0.25, 0.3) is 22.5 Å². The zero-order valence-electron chi connectivity index (χ0n) is 18.1. The number of nitrogens with one attached hydrogen (secondary N) is 1. The first-order valence-electron chi connectivity index (χ1n) is 11.0. The molecule has 0 spiro atoms. The summed E-state index contributed by atoms with van der Waals surface area (Å²) in [5.74, 6) is 0.493. The number of phenols is 1. The molecule has 1 aliphatic rings. The second-order valence-corrected chi connectivity index (χ2v) is 8.21. The highest BCUT2D eigenvalue weighted by molar-refractivity contribution is 5.94. The van der Waals surface area contributed by atoms with Gasteiger partial charge in [-0.3, -0.25) is 4.79 Å². The average Bonchev–Trinajstić information content (AvgIpc) is 2.83. The molecular weight excluding hydrogens is 412 g/mol. The molecule has 5 rings (SSSR count). The summed E-state index contributed by atoms with van der Waals surface area (Å²) in [6.45, 7) is 0. The van der Waals surface area contributed by atoms with Gasteiger partial charge in [-0.05, 0) is 66.8 Å². The fourth-order valence-electron chi connectivity index (χ4n) is 4.17. The lowest BCUT2D eigenvalue weighted by molar-refractivity contribution is -0.116. The van der Waals surface area contributed by atoms with Crippen LogP contribution in [0.2, 0.25) is 0 Å². The molecule has 0 bridgehead atoms. The summed E-state index contributed by atoms with van der Waals surface area (Å²) in [7, 11) is 0. The van der Waals surface area contributed by atoms with Crippen molar-refractivity contribution in [3.63, 3.8) is 0 Å². The van der Waals surface area contributed by atoms with Crippen LogP contribution in [0.3, 0.4) is 0 Å². The van der Waals surface area contributed by atoms with Crippen LogP contribution in [0.1, 0.15) is 23.2 Å². The molecule has 3 aromatic carbocycles. The van der Waals surface area contributed by atoms with E-state index in [1.807, 2.05) is 48.5 Å². The number of rotatable bonds is 5. The molecule has 4 N–H and O–H groups in total. The molecule has 1 amide bonds. The van der Waals surface area contributed by atoms with Gasteiger partial charge in [-0.2, -0.15) is 0 Å². The highest BCUT2D eigenvalue weighted by atomic mass is 16.3. The summed E-state index contributed by atoms with van der Waals surface area (Å²) < 4.78 is 0. The molecule has 0 radical (unpaired) electrons. The first kappa shape index (κ1) is 20.7. The molecular formula is C27H24N4O2. The minimum Gasteiger partial charge on any atom is -0.508 e. The second kappa shape index (κ2) is 8.74. The normalized spacial score (nSPS) is 12.0. The largest absolute Gasteiger partial charge is 0.508 e. The van der Waals surface area contributed by atoms with Gasteiger partial charge in [-0.25, -0.2) is 9.97 Å². The number of anilines is 2. The van der Waals surface area contributed by atoms with E-state index in [1.165, 1.54) is 0 Å². The van der Waals surface area contributed by atoms with Crippen LogP contribution in [-0.4, -0.2) is 21.0 Å². The highest BCUT2D eigenvalue weighted by Gasteiger charge is 2.23. The number of nitrogens with two attached hydrogens (primary N) is 1. The second-order valence-electron chi connectivity index (χ2n) is 8.21. The monoisotopic (exact) mass is 436 g/mol. The Bertz CT molecular complexity index is 1320. The third-order valence-electron chi connectivity index (χ3n) is 5.87. The SMILES string of the molecule is Nc1ccc2c(c1)CCc1nc(NC(=O)CCc3ccccc3)c(-c3ccc(O)cc3)nc1-2. The number of fused-ring (bicyclic) bond motifs is 3. The Kier molecular flexibility index (Phi) is 5.48. The van der Waals surface area contributed by atoms with Crippen LogP contribution in [0.5, 0.6) is 5.75 Å². The van der Waals surface area contributed by atoms with E-state index in [0.29, 0.717) is 24.4 Å². The summed E-state index contributed by atoms with van der Waals surface area (Å²) in [6.07, 6.45) is 2.54. The zero-order valence-corrected chi connectivity index (χ0v) is 18.1. The molecule has 4 aromatic rings. The molecule has 0 saturated heterocycles. The van der Waals surface area contributed by atoms with Gasteiger partial charge in [-0.15, -0.1) is 0 Å². The average molecular weight is 437 g/mol. The molecule has 0 unspecified atom stereocenters. The number of aryl methyl sites for hydroxylation is 3. The zero-order chi connectivity index (χ0) is 22.8. The number of carbonyl (C=O) groups excluding carboxylic acids is 1. The number of nitrogens with zero attached hydrogens (tertiary/aromatic N) is 2. The number of phenolic OH excluding ortho intramolecular Hbond substituents is 1. The van der Waals surface area contributed by atoms with Gasteiger partial charge in [0.1, 0.15) is 11.4 Å². The molecule has 0 fully saturated rings. The number of hydrogen-bond donors (Lipinski definition) is 3. The first-order valence-corrected chi connectivity index (χ1v) is 11.0. The maximum Gasteiger partial charge on any atom is 0.225 e. The minimum atomic E-state index is -0.114. The Labute approximate surface area is 192 Å². The van der Waals surface area contributed by atoms with Crippen LogP contribution >= 0.6 is 0 Å². The predicted molar refractivity (Wildman–Crippen MR) is 130 cm³/mol. The first-order chi connectivity index (χ1) is 16.1. The Morgan fingerprint density at radius 1 is 0.939 bits per heavy atom. The highest BCUT2D eigenvalue weighted by Crippen LogP contribution is 2.36. The third-order valence-corrected chi connectivity index (χ3v) is 5.87. The van der Waals surface area contributed by atoms with Gasteiger partial charge >= 0.3 is 0 Å². The van der Waals surface area contributed by atoms with Crippen LogP contribution < -0.4 is 11.1 Å². The van der Waals surface area contributed by atoms with Gasteiger partial charge < -0.3 is 16.2 Å². The van der Waals surface area contributed by atoms with Gasteiger partial charge in [0, 0.05) is 23.2 Å². The Morgan fingerprint density at radius 3 is 2.52 bits per heavy atom. The fraction of sp³-hybridized carbons (Fsp3) is 0.148. The van der Waals surface area contributed by atoms with Crippen molar-refractivity contribution in [3.05, 3.63) is 89.6 Å². The van der Waals surface area contributed by atoms with Crippen molar-refractivity contribution < 1.29 is 9.90 Å². The molecule has 0 aliphatic heterocycles. The number of hydrogen-bond acceptors (Lipinski definition) is 5. The summed E-state index contributed by atoms with van der Waals surface area (Å²) >= 11 is 0. The molecule has 33 heavy (non-hydrogen) atoms. The van der Waals surface area contributed by atoms with E-state index in [-0.39, 0.29) is 11.7 Å². The van der Waals surface area contributed by atoms with E-state index in [4.69, 9.17) is 15.7 Å². The lowest BCUT2D eigenvalue weighted by atomic mass is 9.91. The van der Waals surface area contributed by atoms with Crippen LogP contribution in [0, 0.1) is 0 Å². The number of amides is 1. The van der Waals surface area contributed by atoms with Crippen molar-refractivity contribution in [1.29, 1.82) is 0 Å². The van der Waals surface area contributed by atoms with Gasteiger partial charge in [0.05, 0.1) is 11.4 Å². The number of aromatic nitrogens is 2. The van der Waals surface area contributed by atoms with Crippen molar-refractivity contribution in [1.82, 2.24) is 9.97 Å². The molecule has 6 nitrogen and oxygen atoms in total. The number of aromatic hydroxyl groups is 1.